The normalized spacial score (nSPS) is 22.8. The molecule has 0 saturated carbocycles. The van der Waals surface area contributed by atoms with Gasteiger partial charge in [0.1, 0.15) is 11.9 Å². The van der Waals surface area contributed by atoms with Crippen molar-refractivity contribution in [3.05, 3.63) is 34.6 Å². The van der Waals surface area contributed by atoms with E-state index in [-0.39, 0.29) is 5.02 Å². The first-order valence-electron chi connectivity index (χ1n) is 6.52. The number of carboxylic acids is 1. The molecule has 3 atom stereocenters. The summed E-state index contributed by atoms with van der Waals surface area (Å²) in [6.07, 6.45) is -1.07. The van der Waals surface area contributed by atoms with E-state index in [0.717, 1.165) is 0 Å². The fourth-order valence-electron chi connectivity index (χ4n) is 2.25. The van der Waals surface area contributed by atoms with Crippen LogP contribution in [0.25, 0.3) is 0 Å². The van der Waals surface area contributed by atoms with Gasteiger partial charge in [-0.05, 0) is 37.5 Å². The third-order valence-corrected chi connectivity index (χ3v) is 3.70. The fraction of sp³-hybridized carbons (Fsp3) is 0.429. The highest BCUT2D eigenvalue weighted by Gasteiger charge is 2.35. The molecule has 0 radical (unpaired) electrons. The molecule has 1 heterocycles. The van der Waals surface area contributed by atoms with Gasteiger partial charge in [-0.15, -0.1) is 0 Å². The molecule has 1 saturated heterocycles. The molecule has 1 aliphatic rings. The van der Waals surface area contributed by atoms with Crippen molar-refractivity contribution in [3.63, 3.8) is 0 Å². The number of hydrogen-bond donors (Lipinski definition) is 2. The van der Waals surface area contributed by atoms with Crippen LogP contribution in [0, 0.1) is 5.82 Å². The maximum Gasteiger partial charge on any atom is 0.332 e. The Hall–Kier alpha value is -1.66. The molecule has 0 aromatic heterocycles. The lowest BCUT2D eigenvalue weighted by Crippen LogP contribution is -2.37. The van der Waals surface area contributed by atoms with Crippen LogP contribution in [0.2, 0.25) is 5.02 Å². The zero-order valence-corrected chi connectivity index (χ0v) is 12.1. The van der Waals surface area contributed by atoms with Crippen LogP contribution in [-0.2, 0) is 14.3 Å². The van der Waals surface area contributed by atoms with E-state index < -0.39 is 35.9 Å². The lowest BCUT2D eigenvalue weighted by Gasteiger charge is -2.18. The van der Waals surface area contributed by atoms with Crippen molar-refractivity contribution < 1.29 is 23.8 Å². The summed E-state index contributed by atoms with van der Waals surface area (Å²) in [5, 5.41) is 11.7. The highest BCUT2D eigenvalue weighted by Crippen LogP contribution is 2.25. The van der Waals surface area contributed by atoms with Crippen molar-refractivity contribution >= 4 is 23.5 Å². The molecular formula is C14H15ClFNO4. The van der Waals surface area contributed by atoms with Gasteiger partial charge in [-0.1, -0.05) is 17.7 Å². The van der Waals surface area contributed by atoms with Gasteiger partial charge in [-0.25, -0.2) is 9.18 Å². The number of carbonyl (C=O) groups excluding carboxylic acids is 1. The molecule has 2 N–H and O–H groups in total. The zero-order chi connectivity index (χ0) is 15.6. The molecule has 1 amide bonds. The second kappa shape index (κ2) is 6.41. The number of carboxylic acid groups (broad SMARTS) is 1. The smallest absolute Gasteiger partial charge is 0.332 e. The highest BCUT2D eigenvalue weighted by atomic mass is 35.5. The zero-order valence-electron chi connectivity index (χ0n) is 11.3. The van der Waals surface area contributed by atoms with Crippen LogP contribution in [0.15, 0.2) is 18.2 Å². The predicted octanol–water partition coefficient (Wildman–Crippen LogP) is 2.29. The largest absolute Gasteiger partial charge is 0.479 e. The summed E-state index contributed by atoms with van der Waals surface area (Å²) in [7, 11) is 0. The molecule has 2 rings (SSSR count). The Kier molecular flexibility index (Phi) is 4.80. The number of hydrogen-bond acceptors (Lipinski definition) is 3. The Morgan fingerprint density at radius 3 is 2.67 bits per heavy atom. The van der Waals surface area contributed by atoms with Gasteiger partial charge >= 0.3 is 5.97 Å². The summed E-state index contributed by atoms with van der Waals surface area (Å²) < 4.78 is 18.2. The predicted molar refractivity (Wildman–Crippen MR) is 73.5 cm³/mol. The van der Waals surface area contributed by atoms with Crippen molar-refractivity contribution in [2.75, 3.05) is 0 Å². The molecule has 1 aromatic carbocycles. The van der Waals surface area contributed by atoms with Gasteiger partial charge in [0.05, 0.1) is 6.04 Å². The average Bonchev–Trinajstić information content (AvgIpc) is 2.88. The van der Waals surface area contributed by atoms with E-state index in [1.807, 2.05) is 0 Å². The molecule has 114 valence electrons. The van der Waals surface area contributed by atoms with Gasteiger partial charge in [0.15, 0.2) is 6.10 Å². The Balaban J connectivity index is 1.98. The summed E-state index contributed by atoms with van der Waals surface area (Å²) in [5.41, 5.74) is 0.583. The quantitative estimate of drug-likeness (QED) is 0.894. The number of carbonyl (C=O) groups is 2. The van der Waals surface area contributed by atoms with Gasteiger partial charge < -0.3 is 15.2 Å². The molecular weight excluding hydrogens is 301 g/mol. The SMILES string of the molecule is CC(NC(=O)[C@@H]1CC[C@H](C(=O)O)O1)c1ccc(F)cc1Cl. The van der Waals surface area contributed by atoms with Gasteiger partial charge in [0.25, 0.3) is 0 Å². The topological polar surface area (TPSA) is 75.6 Å². The molecule has 0 aliphatic carbocycles. The molecule has 0 spiro atoms. The van der Waals surface area contributed by atoms with Crippen molar-refractivity contribution in [3.8, 4) is 0 Å². The van der Waals surface area contributed by atoms with E-state index in [0.29, 0.717) is 18.4 Å². The number of ether oxygens (including phenoxy) is 1. The van der Waals surface area contributed by atoms with Gasteiger partial charge in [-0.2, -0.15) is 0 Å². The molecule has 1 aliphatic heterocycles. The third-order valence-electron chi connectivity index (χ3n) is 3.38. The van der Waals surface area contributed by atoms with Crippen molar-refractivity contribution in [1.82, 2.24) is 5.32 Å². The van der Waals surface area contributed by atoms with Crippen molar-refractivity contribution in [2.45, 2.75) is 38.0 Å². The standard InChI is InChI=1S/C14H15ClFNO4/c1-7(9-3-2-8(16)6-10(9)15)17-13(18)11-4-5-12(21-11)14(19)20/h2-3,6-7,11-12H,4-5H2,1H3,(H,17,18)(H,19,20)/t7?,11-,12+/m0/s1. The fourth-order valence-corrected chi connectivity index (χ4v) is 2.58. The summed E-state index contributed by atoms with van der Waals surface area (Å²) in [6, 6.07) is 3.50. The Bertz CT molecular complexity index is 566. The third kappa shape index (κ3) is 3.71. The monoisotopic (exact) mass is 315 g/mol. The molecule has 0 bridgehead atoms. The maximum absolute atomic E-state index is 13.0. The highest BCUT2D eigenvalue weighted by molar-refractivity contribution is 6.31. The molecule has 1 fully saturated rings. The minimum absolute atomic E-state index is 0.221. The number of benzene rings is 1. The number of halogens is 2. The van der Waals surface area contributed by atoms with Crippen LogP contribution in [0.3, 0.4) is 0 Å². The van der Waals surface area contributed by atoms with Crippen molar-refractivity contribution in [2.24, 2.45) is 0 Å². The molecule has 1 unspecified atom stereocenters. The molecule has 7 heteroatoms. The minimum atomic E-state index is -1.07. The maximum atomic E-state index is 13.0. The summed E-state index contributed by atoms with van der Waals surface area (Å²) in [5.74, 6) is -1.92. The first-order chi connectivity index (χ1) is 9.88. The van der Waals surface area contributed by atoms with Crippen LogP contribution in [0.5, 0.6) is 0 Å². The van der Waals surface area contributed by atoms with Crippen LogP contribution in [0.1, 0.15) is 31.4 Å². The van der Waals surface area contributed by atoms with Crippen LogP contribution in [0.4, 0.5) is 4.39 Å². The molecule has 5 nitrogen and oxygen atoms in total. The van der Waals surface area contributed by atoms with Crippen LogP contribution >= 0.6 is 11.6 Å². The van der Waals surface area contributed by atoms with E-state index in [2.05, 4.69) is 5.32 Å². The number of rotatable bonds is 4. The van der Waals surface area contributed by atoms with E-state index in [1.165, 1.54) is 18.2 Å². The van der Waals surface area contributed by atoms with Gasteiger partial charge in [-0.3, -0.25) is 4.79 Å². The second-order valence-electron chi connectivity index (χ2n) is 4.93. The number of nitrogens with one attached hydrogen (secondary N) is 1. The Labute approximate surface area is 126 Å². The summed E-state index contributed by atoms with van der Waals surface area (Å²) >= 11 is 5.93. The Morgan fingerprint density at radius 1 is 1.43 bits per heavy atom. The van der Waals surface area contributed by atoms with Gasteiger partial charge in [0, 0.05) is 5.02 Å². The lowest BCUT2D eigenvalue weighted by molar-refractivity contribution is -0.151. The van der Waals surface area contributed by atoms with E-state index in [1.54, 1.807) is 6.92 Å². The minimum Gasteiger partial charge on any atom is -0.479 e. The number of aliphatic carboxylic acids is 1. The average molecular weight is 316 g/mol. The lowest BCUT2D eigenvalue weighted by atomic mass is 10.1. The molecule has 21 heavy (non-hydrogen) atoms. The number of amides is 1. The second-order valence-corrected chi connectivity index (χ2v) is 5.33. The van der Waals surface area contributed by atoms with Gasteiger partial charge in [0.2, 0.25) is 5.91 Å². The molecule has 1 aromatic rings. The van der Waals surface area contributed by atoms with Crippen LogP contribution < -0.4 is 5.32 Å². The van der Waals surface area contributed by atoms with E-state index in [4.69, 9.17) is 21.4 Å². The first-order valence-corrected chi connectivity index (χ1v) is 6.90. The van der Waals surface area contributed by atoms with Crippen LogP contribution in [-0.4, -0.2) is 29.2 Å². The van der Waals surface area contributed by atoms with E-state index in [9.17, 15) is 14.0 Å². The summed E-state index contributed by atoms with van der Waals surface area (Å²) in [6.45, 7) is 1.71. The van der Waals surface area contributed by atoms with E-state index >= 15 is 0 Å². The van der Waals surface area contributed by atoms with Crippen molar-refractivity contribution in [1.29, 1.82) is 0 Å². The first kappa shape index (κ1) is 15.7. The summed E-state index contributed by atoms with van der Waals surface area (Å²) in [4.78, 5) is 22.8. The Morgan fingerprint density at radius 2 is 2.10 bits per heavy atom.